The van der Waals surface area contributed by atoms with Crippen molar-refractivity contribution < 1.29 is 19.3 Å². The summed E-state index contributed by atoms with van der Waals surface area (Å²) < 4.78 is 15.4. The highest BCUT2D eigenvalue weighted by molar-refractivity contribution is 4.63. The van der Waals surface area contributed by atoms with Gasteiger partial charge in [-0.15, -0.1) is 0 Å². The monoisotopic (exact) mass is 162 g/mol. The van der Waals surface area contributed by atoms with E-state index in [9.17, 15) is 0 Å². The first-order chi connectivity index (χ1) is 5.20. The maximum absolute atomic E-state index is 8.73. The lowest BCUT2D eigenvalue weighted by molar-refractivity contribution is -0.391. The zero-order valence-electron chi connectivity index (χ0n) is 6.87. The van der Waals surface area contributed by atoms with Crippen LogP contribution in [-0.4, -0.2) is 38.0 Å². The molecule has 11 heavy (non-hydrogen) atoms. The lowest BCUT2D eigenvalue weighted by atomic mass is 10.2. The minimum atomic E-state index is -0.911. The van der Waals surface area contributed by atoms with E-state index in [1.54, 1.807) is 6.92 Å². The van der Waals surface area contributed by atoms with E-state index in [-0.39, 0.29) is 12.5 Å². The van der Waals surface area contributed by atoms with Crippen molar-refractivity contribution in [1.29, 1.82) is 0 Å². The lowest BCUT2D eigenvalue weighted by Gasteiger charge is -2.35. The number of rotatable bonds is 2. The van der Waals surface area contributed by atoms with Crippen molar-refractivity contribution >= 4 is 0 Å². The molecule has 0 atom stereocenters. The summed E-state index contributed by atoms with van der Waals surface area (Å²) in [5.41, 5.74) is 0. The molecular weight excluding hydrogens is 148 g/mol. The third-order valence-corrected chi connectivity index (χ3v) is 1.79. The summed E-state index contributed by atoms with van der Waals surface area (Å²) in [6.07, 6.45) is 0. The fraction of sp³-hybridized carbons (Fsp3) is 1.00. The van der Waals surface area contributed by atoms with Crippen LogP contribution in [0, 0.1) is 5.92 Å². The Bertz CT molecular complexity index is 118. The van der Waals surface area contributed by atoms with Crippen LogP contribution >= 0.6 is 0 Å². The van der Waals surface area contributed by atoms with Crippen molar-refractivity contribution in [2.75, 3.05) is 26.9 Å². The third-order valence-electron chi connectivity index (χ3n) is 1.79. The summed E-state index contributed by atoms with van der Waals surface area (Å²) >= 11 is 0. The molecule has 0 radical (unpaired) electrons. The predicted molar refractivity (Wildman–Crippen MR) is 37.9 cm³/mol. The van der Waals surface area contributed by atoms with Crippen LogP contribution in [0.15, 0.2) is 0 Å². The van der Waals surface area contributed by atoms with E-state index in [1.165, 1.54) is 7.11 Å². The molecular formula is C7H14O4. The Morgan fingerprint density at radius 1 is 1.55 bits per heavy atom. The number of ether oxygens (including phenoxy) is 3. The van der Waals surface area contributed by atoms with Gasteiger partial charge in [-0.3, -0.25) is 0 Å². The highest BCUT2D eigenvalue weighted by atomic mass is 16.9. The molecule has 1 rings (SSSR count). The van der Waals surface area contributed by atoms with Gasteiger partial charge in [-0.1, -0.05) is 0 Å². The van der Waals surface area contributed by atoms with Crippen LogP contribution in [0.1, 0.15) is 6.92 Å². The van der Waals surface area contributed by atoms with Crippen LogP contribution in [0.5, 0.6) is 0 Å². The summed E-state index contributed by atoms with van der Waals surface area (Å²) in [6, 6.07) is 0. The van der Waals surface area contributed by atoms with Crippen LogP contribution in [-0.2, 0) is 14.2 Å². The summed E-state index contributed by atoms with van der Waals surface area (Å²) in [5.74, 6) is -0.829. The van der Waals surface area contributed by atoms with Crippen molar-refractivity contribution in [3.05, 3.63) is 0 Å². The lowest BCUT2D eigenvalue weighted by Crippen LogP contribution is -2.44. The fourth-order valence-electron chi connectivity index (χ4n) is 0.851. The molecule has 0 aliphatic carbocycles. The molecule has 1 N–H and O–H groups in total. The summed E-state index contributed by atoms with van der Waals surface area (Å²) in [6.45, 7) is 2.78. The Kier molecular flexibility index (Phi) is 2.84. The molecule has 4 nitrogen and oxygen atoms in total. The first-order valence-electron chi connectivity index (χ1n) is 3.64. The maximum Gasteiger partial charge on any atom is 0.279 e. The molecule has 1 fully saturated rings. The minimum Gasteiger partial charge on any atom is -0.396 e. The maximum atomic E-state index is 8.73. The molecule has 1 saturated heterocycles. The van der Waals surface area contributed by atoms with Gasteiger partial charge in [0.15, 0.2) is 0 Å². The normalized spacial score (nSPS) is 39.0. The second-order valence-corrected chi connectivity index (χ2v) is 2.74. The van der Waals surface area contributed by atoms with Gasteiger partial charge in [-0.2, -0.15) is 0 Å². The second kappa shape index (κ2) is 3.49. The SMILES string of the molecule is COC1(C)OCC(CO)CO1. The number of aliphatic hydroxyl groups excluding tert-OH is 1. The molecule has 0 spiro atoms. The molecule has 0 bridgehead atoms. The van der Waals surface area contributed by atoms with Crippen molar-refractivity contribution in [3.63, 3.8) is 0 Å². The number of hydrogen-bond acceptors (Lipinski definition) is 4. The van der Waals surface area contributed by atoms with Gasteiger partial charge in [-0.25, -0.2) is 0 Å². The second-order valence-electron chi connectivity index (χ2n) is 2.74. The molecule has 0 unspecified atom stereocenters. The predicted octanol–water partition coefficient (Wildman–Crippen LogP) is -0.0382. The molecule has 1 aliphatic rings. The zero-order valence-corrected chi connectivity index (χ0v) is 6.87. The summed E-state index contributed by atoms with van der Waals surface area (Å²) in [4.78, 5) is 0. The van der Waals surface area contributed by atoms with Gasteiger partial charge >= 0.3 is 0 Å². The zero-order chi connectivity index (χ0) is 8.32. The number of methoxy groups -OCH3 is 1. The molecule has 1 aliphatic heterocycles. The molecule has 0 aromatic carbocycles. The Balaban J connectivity index is 2.35. The molecule has 1 heterocycles. The van der Waals surface area contributed by atoms with E-state index < -0.39 is 5.97 Å². The van der Waals surface area contributed by atoms with Crippen LogP contribution in [0.3, 0.4) is 0 Å². The highest BCUT2D eigenvalue weighted by Crippen LogP contribution is 2.21. The van der Waals surface area contributed by atoms with E-state index in [0.717, 1.165) is 0 Å². The first-order valence-corrected chi connectivity index (χ1v) is 3.64. The van der Waals surface area contributed by atoms with Gasteiger partial charge in [0.2, 0.25) is 0 Å². The topological polar surface area (TPSA) is 47.9 Å². The smallest absolute Gasteiger partial charge is 0.279 e. The summed E-state index contributed by atoms with van der Waals surface area (Å²) in [7, 11) is 1.53. The van der Waals surface area contributed by atoms with E-state index in [0.29, 0.717) is 13.2 Å². The number of hydrogen-bond donors (Lipinski definition) is 1. The average molecular weight is 162 g/mol. The van der Waals surface area contributed by atoms with E-state index in [2.05, 4.69) is 0 Å². The molecule has 0 amide bonds. The Labute approximate surface area is 66.1 Å². The molecule has 0 aromatic heterocycles. The minimum absolute atomic E-state index is 0.0817. The number of aliphatic hydroxyl groups is 1. The molecule has 4 heteroatoms. The van der Waals surface area contributed by atoms with Gasteiger partial charge in [-0.05, 0) is 0 Å². The van der Waals surface area contributed by atoms with Gasteiger partial charge in [0, 0.05) is 20.0 Å². The Morgan fingerprint density at radius 2 is 2.09 bits per heavy atom. The van der Waals surface area contributed by atoms with E-state index in [1.807, 2.05) is 0 Å². The molecule has 0 saturated carbocycles. The van der Waals surface area contributed by atoms with E-state index >= 15 is 0 Å². The third kappa shape index (κ3) is 2.13. The van der Waals surface area contributed by atoms with Crippen molar-refractivity contribution in [1.82, 2.24) is 0 Å². The van der Waals surface area contributed by atoms with Crippen LogP contribution in [0.25, 0.3) is 0 Å². The molecule has 66 valence electrons. The summed E-state index contributed by atoms with van der Waals surface area (Å²) in [5, 5.41) is 8.73. The quantitative estimate of drug-likeness (QED) is 0.619. The van der Waals surface area contributed by atoms with E-state index in [4.69, 9.17) is 19.3 Å². The molecule has 0 aromatic rings. The van der Waals surface area contributed by atoms with Gasteiger partial charge in [0.05, 0.1) is 19.8 Å². The van der Waals surface area contributed by atoms with Gasteiger partial charge in [0.25, 0.3) is 5.97 Å². The van der Waals surface area contributed by atoms with Crippen molar-refractivity contribution in [2.45, 2.75) is 12.9 Å². The average Bonchev–Trinajstić information content (AvgIpc) is 2.06. The van der Waals surface area contributed by atoms with Crippen LogP contribution < -0.4 is 0 Å². The van der Waals surface area contributed by atoms with Gasteiger partial charge < -0.3 is 19.3 Å². The van der Waals surface area contributed by atoms with Gasteiger partial charge in [0.1, 0.15) is 0 Å². The fourth-order valence-corrected chi connectivity index (χ4v) is 0.851. The largest absolute Gasteiger partial charge is 0.396 e. The Hall–Kier alpha value is -0.160. The van der Waals surface area contributed by atoms with Crippen LogP contribution in [0.4, 0.5) is 0 Å². The van der Waals surface area contributed by atoms with Crippen molar-refractivity contribution in [3.8, 4) is 0 Å². The highest BCUT2D eigenvalue weighted by Gasteiger charge is 2.32. The van der Waals surface area contributed by atoms with Crippen LogP contribution in [0.2, 0.25) is 0 Å². The first kappa shape index (κ1) is 8.93. The standard InChI is InChI=1S/C7H14O4/c1-7(9-2)10-4-6(3-8)5-11-7/h6,8H,3-5H2,1-2H3. The Morgan fingerprint density at radius 3 is 2.45 bits per heavy atom. The van der Waals surface area contributed by atoms with Crippen molar-refractivity contribution in [2.24, 2.45) is 5.92 Å².